The van der Waals surface area contributed by atoms with Gasteiger partial charge in [-0.05, 0) is 66.6 Å². The molecular formula is C23H22N6O2. The molecule has 8 nitrogen and oxygen atoms in total. The number of carbonyl (C=O) groups excluding carboxylic acids is 1. The van der Waals surface area contributed by atoms with Crippen LogP contribution in [-0.4, -0.2) is 33.0 Å². The summed E-state index contributed by atoms with van der Waals surface area (Å²) in [6.45, 7) is 0. The van der Waals surface area contributed by atoms with Crippen molar-refractivity contribution in [3.63, 3.8) is 0 Å². The lowest BCUT2D eigenvalue weighted by Crippen LogP contribution is -2.12. The van der Waals surface area contributed by atoms with Crippen LogP contribution in [0.1, 0.15) is 12.0 Å². The summed E-state index contributed by atoms with van der Waals surface area (Å²) >= 11 is 0. The minimum Gasteiger partial charge on any atom is -0.497 e. The van der Waals surface area contributed by atoms with E-state index in [1.807, 2.05) is 66.7 Å². The largest absolute Gasteiger partial charge is 0.497 e. The first-order chi connectivity index (χ1) is 15.2. The zero-order valence-electron chi connectivity index (χ0n) is 17.0. The first-order valence-corrected chi connectivity index (χ1v) is 9.83. The second-order valence-electron chi connectivity index (χ2n) is 6.83. The highest BCUT2D eigenvalue weighted by molar-refractivity contribution is 5.91. The maximum absolute atomic E-state index is 12.2. The maximum atomic E-state index is 12.2. The summed E-state index contributed by atoms with van der Waals surface area (Å²) in [5.74, 6) is 2.04. The van der Waals surface area contributed by atoms with E-state index < -0.39 is 0 Å². The van der Waals surface area contributed by atoms with Crippen molar-refractivity contribution >= 4 is 23.1 Å². The van der Waals surface area contributed by atoms with Crippen LogP contribution in [0.25, 0.3) is 5.82 Å². The van der Waals surface area contributed by atoms with Crippen molar-refractivity contribution in [2.75, 3.05) is 17.7 Å². The number of anilines is 3. The van der Waals surface area contributed by atoms with Gasteiger partial charge in [0.05, 0.1) is 7.11 Å². The second kappa shape index (κ2) is 9.53. The number of hydrogen-bond donors (Lipinski definition) is 2. The summed E-state index contributed by atoms with van der Waals surface area (Å²) < 4.78 is 6.79. The summed E-state index contributed by atoms with van der Waals surface area (Å²) in [5, 5.41) is 18.5. The van der Waals surface area contributed by atoms with E-state index in [-0.39, 0.29) is 5.91 Å². The molecule has 2 heterocycles. The predicted octanol–water partition coefficient (Wildman–Crippen LogP) is 3.99. The van der Waals surface area contributed by atoms with E-state index in [1.165, 1.54) is 0 Å². The summed E-state index contributed by atoms with van der Waals surface area (Å²) in [6, 6.07) is 20.7. The zero-order chi connectivity index (χ0) is 21.5. The molecule has 0 aliphatic heterocycles. The van der Waals surface area contributed by atoms with E-state index in [0.29, 0.717) is 24.5 Å². The lowest BCUT2D eigenvalue weighted by atomic mass is 10.1. The Morgan fingerprint density at radius 1 is 0.968 bits per heavy atom. The third-order valence-corrected chi connectivity index (χ3v) is 4.63. The highest BCUT2D eigenvalue weighted by atomic mass is 16.5. The van der Waals surface area contributed by atoms with Gasteiger partial charge in [0.25, 0.3) is 0 Å². The van der Waals surface area contributed by atoms with Crippen molar-refractivity contribution < 1.29 is 9.53 Å². The van der Waals surface area contributed by atoms with E-state index in [9.17, 15) is 4.79 Å². The normalized spacial score (nSPS) is 10.5. The quantitative estimate of drug-likeness (QED) is 0.453. The molecule has 0 spiro atoms. The Kier molecular flexibility index (Phi) is 6.18. The summed E-state index contributed by atoms with van der Waals surface area (Å²) in [6.07, 6.45) is 4.57. The van der Waals surface area contributed by atoms with Gasteiger partial charge in [-0.2, -0.15) is 5.10 Å². The number of benzene rings is 2. The van der Waals surface area contributed by atoms with Gasteiger partial charge in [-0.3, -0.25) is 4.79 Å². The third kappa shape index (κ3) is 5.45. The second-order valence-corrected chi connectivity index (χ2v) is 6.83. The Morgan fingerprint density at radius 2 is 1.74 bits per heavy atom. The molecule has 0 unspecified atom stereocenters. The molecule has 2 aromatic heterocycles. The number of methoxy groups -OCH3 is 1. The molecule has 0 radical (unpaired) electrons. The maximum Gasteiger partial charge on any atom is 0.224 e. The first kappa shape index (κ1) is 20.1. The monoisotopic (exact) mass is 414 g/mol. The van der Waals surface area contributed by atoms with Gasteiger partial charge in [0.1, 0.15) is 5.75 Å². The molecule has 0 saturated carbocycles. The Labute approximate surface area is 179 Å². The topological polar surface area (TPSA) is 94.0 Å². The van der Waals surface area contributed by atoms with Crippen LogP contribution in [0.4, 0.5) is 17.2 Å². The van der Waals surface area contributed by atoms with Crippen LogP contribution in [0.15, 0.2) is 79.1 Å². The van der Waals surface area contributed by atoms with E-state index in [0.717, 1.165) is 22.7 Å². The van der Waals surface area contributed by atoms with Crippen molar-refractivity contribution in [2.24, 2.45) is 0 Å². The molecule has 2 aromatic carbocycles. The molecule has 0 fully saturated rings. The van der Waals surface area contributed by atoms with Crippen LogP contribution < -0.4 is 15.4 Å². The highest BCUT2D eigenvalue weighted by Gasteiger charge is 2.05. The molecule has 0 atom stereocenters. The number of carbonyl (C=O) groups is 1. The molecule has 2 N–H and O–H groups in total. The van der Waals surface area contributed by atoms with Crippen molar-refractivity contribution in [1.82, 2.24) is 20.0 Å². The van der Waals surface area contributed by atoms with Gasteiger partial charge in [-0.15, -0.1) is 10.2 Å². The number of nitrogens with zero attached hydrogens (tertiary/aromatic N) is 4. The first-order valence-electron chi connectivity index (χ1n) is 9.83. The number of hydrogen-bond acceptors (Lipinski definition) is 6. The van der Waals surface area contributed by atoms with Crippen LogP contribution in [0.2, 0.25) is 0 Å². The molecule has 0 aliphatic rings. The number of aromatic nitrogens is 4. The summed E-state index contributed by atoms with van der Waals surface area (Å²) in [7, 11) is 1.63. The fourth-order valence-corrected chi connectivity index (χ4v) is 2.98. The number of rotatable bonds is 8. The van der Waals surface area contributed by atoms with Gasteiger partial charge in [0, 0.05) is 30.2 Å². The van der Waals surface area contributed by atoms with Crippen molar-refractivity contribution in [3.8, 4) is 11.6 Å². The molecule has 0 bridgehead atoms. The molecule has 4 aromatic rings. The molecular weight excluding hydrogens is 392 g/mol. The molecule has 31 heavy (non-hydrogen) atoms. The fourth-order valence-electron chi connectivity index (χ4n) is 2.98. The van der Waals surface area contributed by atoms with Gasteiger partial charge < -0.3 is 15.4 Å². The summed E-state index contributed by atoms with van der Waals surface area (Å²) in [5.41, 5.74) is 2.68. The van der Waals surface area contributed by atoms with E-state index >= 15 is 0 Å². The van der Waals surface area contributed by atoms with Gasteiger partial charge in [0.15, 0.2) is 11.6 Å². The number of aryl methyl sites for hydroxylation is 1. The van der Waals surface area contributed by atoms with E-state index in [4.69, 9.17) is 4.74 Å². The van der Waals surface area contributed by atoms with E-state index in [2.05, 4.69) is 25.9 Å². The minimum absolute atomic E-state index is 0.0309. The van der Waals surface area contributed by atoms with Crippen LogP contribution in [0.3, 0.4) is 0 Å². The Bertz CT molecular complexity index is 1110. The van der Waals surface area contributed by atoms with Gasteiger partial charge >= 0.3 is 0 Å². The van der Waals surface area contributed by atoms with Gasteiger partial charge in [0.2, 0.25) is 5.91 Å². The van der Waals surface area contributed by atoms with Crippen molar-refractivity contribution in [2.45, 2.75) is 12.8 Å². The minimum atomic E-state index is -0.0309. The van der Waals surface area contributed by atoms with Crippen molar-refractivity contribution in [3.05, 3.63) is 84.7 Å². The number of amides is 1. The van der Waals surface area contributed by atoms with Crippen LogP contribution in [0, 0.1) is 0 Å². The predicted molar refractivity (Wildman–Crippen MR) is 119 cm³/mol. The Balaban J connectivity index is 1.28. The average Bonchev–Trinajstić information content (AvgIpc) is 3.35. The molecule has 156 valence electrons. The standard InChI is InChI=1S/C23H22N6O2/c1-31-20-10-3-17(4-11-20)5-14-23(30)26-19-8-6-18(7-9-19)25-21-12-13-22(28-27-21)29-16-2-15-24-29/h2-4,6-13,15-16H,5,14H2,1H3,(H,25,27)(H,26,30). The van der Waals surface area contributed by atoms with Gasteiger partial charge in [-0.1, -0.05) is 12.1 Å². The van der Waals surface area contributed by atoms with E-state index in [1.54, 1.807) is 24.2 Å². The number of nitrogens with one attached hydrogen (secondary N) is 2. The third-order valence-electron chi connectivity index (χ3n) is 4.63. The van der Waals surface area contributed by atoms with Gasteiger partial charge in [-0.25, -0.2) is 4.68 Å². The van der Waals surface area contributed by atoms with Crippen LogP contribution >= 0.6 is 0 Å². The molecule has 1 amide bonds. The number of ether oxygens (including phenoxy) is 1. The fraction of sp³-hybridized carbons (Fsp3) is 0.130. The summed E-state index contributed by atoms with van der Waals surface area (Å²) in [4.78, 5) is 12.2. The highest BCUT2D eigenvalue weighted by Crippen LogP contribution is 2.18. The van der Waals surface area contributed by atoms with Crippen LogP contribution in [-0.2, 0) is 11.2 Å². The Hall–Kier alpha value is -4.20. The SMILES string of the molecule is COc1ccc(CCC(=O)Nc2ccc(Nc3ccc(-n4cccn4)nn3)cc2)cc1. The van der Waals surface area contributed by atoms with Crippen LogP contribution in [0.5, 0.6) is 5.75 Å². The molecule has 8 heteroatoms. The lowest BCUT2D eigenvalue weighted by Gasteiger charge is -2.09. The smallest absolute Gasteiger partial charge is 0.224 e. The lowest BCUT2D eigenvalue weighted by molar-refractivity contribution is -0.116. The molecule has 0 aliphatic carbocycles. The molecule has 0 saturated heterocycles. The van der Waals surface area contributed by atoms with Crippen molar-refractivity contribution in [1.29, 1.82) is 0 Å². The molecule has 4 rings (SSSR count). The Morgan fingerprint density at radius 3 is 2.39 bits per heavy atom. The zero-order valence-corrected chi connectivity index (χ0v) is 17.0. The average molecular weight is 414 g/mol.